The fraction of sp³-hybridized carbons (Fsp3) is 0.412. The number of carbonyl (C=O) groups is 1. The largest absolute Gasteiger partial charge is 0.465 e. The number of rotatable bonds is 6. The van der Waals surface area contributed by atoms with Gasteiger partial charge in [0.1, 0.15) is 0 Å². The number of carbonyl (C=O) groups excluding carboxylic acids is 1. The van der Waals surface area contributed by atoms with Gasteiger partial charge in [0.15, 0.2) is 0 Å². The van der Waals surface area contributed by atoms with E-state index in [1.807, 2.05) is 25.1 Å². The molecule has 0 aliphatic rings. The predicted molar refractivity (Wildman–Crippen MR) is 78.0 cm³/mol. The fourth-order valence-electron chi connectivity index (χ4n) is 2.06. The van der Waals surface area contributed by atoms with E-state index in [9.17, 15) is 4.79 Å². The average molecular weight is 258 g/mol. The van der Waals surface area contributed by atoms with Crippen LogP contribution in [0.4, 0.5) is 0 Å². The summed E-state index contributed by atoms with van der Waals surface area (Å²) in [7, 11) is 1.38. The molecule has 1 aromatic carbocycles. The molecule has 1 unspecified atom stereocenters. The molecule has 1 rings (SSSR count). The number of ether oxygens (including phenoxy) is 1. The lowest BCUT2D eigenvalue weighted by atomic mass is 9.88. The maximum atomic E-state index is 11.1. The molecule has 0 bridgehead atoms. The number of hydrogen-bond acceptors (Lipinski definition) is 2. The van der Waals surface area contributed by atoms with E-state index >= 15 is 0 Å². The Kier molecular flexibility index (Phi) is 6.70. The van der Waals surface area contributed by atoms with Gasteiger partial charge in [-0.2, -0.15) is 0 Å². The van der Waals surface area contributed by atoms with Gasteiger partial charge in [0.05, 0.1) is 13.2 Å². The third kappa shape index (κ3) is 5.15. The first-order valence-electron chi connectivity index (χ1n) is 6.75. The molecule has 0 heterocycles. The number of methoxy groups -OCH3 is 1. The molecular formula is C17H22O2. The van der Waals surface area contributed by atoms with Crippen LogP contribution in [0.3, 0.4) is 0 Å². The maximum Gasteiger partial charge on any atom is 0.338 e. The van der Waals surface area contributed by atoms with Crippen molar-refractivity contribution >= 4 is 5.97 Å². The average Bonchev–Trinajstić information content (AvgIpc) is 2.46. The highest BCUT2D eigenvalue weighted by Crippen LogP contribution is 2.28. The molecule has 0 aromatic heterocycles. The minimum atomic E-state index is -0.360. The zero-order valence-corrected chi connectivity index (χ0v) is 12.0. The molecule has 19 heavy (non-hydrogen) atoms. The zero-order valence-electron chi connectivity index (χ0n) is 12.0. The zero-order chi connectivity index (χ0) is 14.1. The molecule has 0 N–H and O–H groups in total. The topological polar surface area (TPSA) is 26.3 Å². The number of benzene rings is 1. The van der Waals surface area contributed by atoms with Crippen LogP contribution in [0.2, 0.25) is 0 Å². The van der Waals surface area contributed by atoms with Gasteiger partial charge >= 0.3 is 5.97 Å². The summed E-state index contributed by atoms with van der Waals surface area (Å²) in [6.07, 6.45) is 4.78. The summed E-state index contributed by atoms with van der Waals surface area (Å²) >= 11 is 0. The Hall–Kier alpha value is -1.79. The SMILES string of the molecule is CCCCC(C(C)=C=CC(=O)OC)c1ccccc1. The summed E-state index contributed by atoms with van der Waals surface area (Å²) in [5.74, 6) is -0.0382. The lowest BCUT2D eigenvalue weighted by Crippen LogP contribution is -2.00. The second kappa shape index (κ2) is 8.34. The van der Waals surface area contributed by atoms with Crippen LogP contribution in [0, 0.1) is 0 Å². The van der Waals surface area contributed by atoms with Crippen LogP contribution >= 0.6 is 0 Å². The van der Waals surface area contributed by atoms with Gasteiger partial charge < -0.3 is 4.74 Å². The highest BCUT2D eigenvalue weighted by molar-refractivity contribution is 5.81. The van der Waals surface area contributed by atoms with Gasteiger partial charge in [-0.05, 0) is 24.5 Å². The van der Waals surface area contributed by atoms with Crippen LogP contribution in [-0.4, -0.2) is 13.1 Å². The van der Waals surface area contributed by atoms with Crippen LogP contribution in [0.1, 0.15) is 44.6 Å². The van der Waals surface area contributed by atoms with Crippen molar-refractivity contribution in [2.45, 2.75) is 39.0 Å². The molecule has 0 aliphatic carbocycles. The number of unbranched alkanes of at least 4 members (excludes halogenated alkanes) is 1. The van der Waals surface area contributed by atoms with Gasteiger partial charge in [0.2, 0.25) is 0 Å². The van der Waals surface area contributed by atoms with E-state index in [2.05, 4.69) is 29.5 Å². The summed E-state index contributed by atoms with van der Waals surface area (Å²) in [5.41, 5.74) is 5.41. The van der Waals surface area contributed by atoms with E-state index in [1.165, 1.54) is 18.7 Å². The van der Waals surface area contributed by atoms with E-state index in [4.69, 9.17) is 0 Å². The van der Waals surface area contributed by atoms with Crippen molar-refractivity contribution in [2.75, 3.05) is 7.11 Å². The molecule has 0 saturated heterocycles. The van der Waals surface area contributed by atoms with Gasteiger partial charge in [-0.1, -0.05) is 50.1 Å². The van der Waals surface area contributed by atoms with E-state index in [0.29, 0.717) is 5.92 Å². The highest BCUT2D eigenvalue weighted by atomic mass is 16.5. The molecule has 0 aliphatic heterocycles. The monoisotopic (exact) mass is 258 g/mol. The van der Waals surface area contributed by atoms with E-state index in [0.717, 1.165) is 24.8 Å². The Bertz CT molecular complexity index is 453. The van der Waals surface area contributed by atoms with Crippen molar-refractivity contribution in [1.29, 1.82) is 0 Å². The lowest BCUT2D eigenvalue weighted by molar-refractivity contribution is -0.134. The van der Waals surface area contributed by atoms with E-state index < -0.39 is 0 Å². The first kappa shape index (κ1) is 15.3. The van der Waals surface area contributed by atoms with Gasteiger partial charge in [-0.15, -0.1) is 5.73 Å². The van der Waals surface area contributed by atoms with Crippen molar-refractivity contribution in [3.05, 3.63) is 53.3 Å². The van der Waals surface area contributed by atoms with Crippen molar-refractivity contribution < 1.29 is 9.53 Å². The molecule has 102 valence electrons. The third-order valence-corrected chi connectivity index (χ3v) is 3.19. The first-order chi connectivity index (χ1) is 9.19. The first-order valence-corrected chi connectivity index (χ1v) is 6.75. The second-order valence-corrected chi connectivity index (χ2v) is 4.60. The molecule has 0 amide bonds. The summed E-state index contributed by atoms with van der Waals surface area (Å²) in [5, 5.41) is 0. The minimum Gasteiger partial charge on any atom is -0.465 e. The van der Waals surface area contributed by atoms with Crippen LogP contribution < -0.4 is 0 Å². The van der Waals surface area contributed by atoms with Gasteiger partial charge in [0, 0.05) is 5.92 Å². The Balaban J connectivity index is 2.97. The minimum absolute atomic E-state index is 0.321. The highest BCUT2D eigenvalue weighted by Gasteiger charge is 2.12. The molecule has 0 saturated carbocycles. The van der Waals surface area contributed by atoms with Crippen LogP contribution in [0.25, 0.3) is 0 Å². The van der Waals surface area contributed by atoms with Crippen molar-refractivity contribution in [2.24, 2.45) is 0 Å². The van der Waals surface area contributed by atoms with Crippen LogP contribution in [-0.2, 0) is 9.53 Å². The number of hydrogen-bond donors (Lipinski definition) is 0. The van der Waals surface area contributed by atoms with Crippen molar-refractivity contribution in [1.82, 2.24) is 0 Å². The van der Waals surface area contributed by atoms with Crippen LogP contribution in [0.15, 0.2) is 47.7 Å². The van der Waals surface area contributed by atoms with E-state index in [1.54, 1.807) is 0 Å². The third-order valence-electron chi connectivity index (χ3n) is 3.19. The Morgan fingerprint density at radius 1 is 1.37 bits per heavy atom. The van der Waals surface area contributed by atoms with Crippen molar-refractivity contribution in [3.63, 3.8) is 0 Å². The smallest absolute Gasteiger partial charge is 0.338 e. The molecule has 2 nitrogen and oxygen atoms in total. The maximum absolute atomic E-state index is 11.1. The Morgan fingerprint density at radius 2 is 2.05 bits per heavy atom. The molecule has 1 aromatic rings. The summed E-state index contributed by atoms with van der Waals surface area (Å²) in [4.78, 5) is 11.1. The van der Waals surface area contributed by atoms with Crippen LogP contribution in [0.5, 0.6) is 0 Å². The molecule has 0 spiro atoms. The fourth-order valence-corrected chi connectivity index (χ4v) is 2.06. The number of esters is 1. The van der Waals surface area contributed by atoms with Gasteiger partial charge in [-0.25, -0.2) is 4.79 Å². The van der Waals surface area contributed by atoms with Gasteiger partial charge in [-0.3, -0.25) is 0 Å². The Labute approximate surface area is 115 Å². The second-order valence-electron chi connectivity index (χ2n) is 4.60. The van der Waals surface area contributed by atoms with Gasteiger partial charge in [0.25, 0.3) is 0 Å². The van der Waals surface area contributed by atoms with E-state index in [-0.39, 0.29) is 5.97 Å². The quantitative estimate of drug-likeness (QED) is 0.433. The normalized spacial score (nSPS) is 11.3. The molecule has 0 radical (unpaired) electrons. The molecular weight excluding hydrogens is 236 g/mol. The Morgan fingerprint density at radius 3 is 2.63 bits per heavy atom. The molecule has 2 heteroatoms. The standard InChI is InChI=1S/C17H22O2/c1-4-5-11-16(15-9-7-6-8-10-15)14(2)12-13-17(18)19-3/h6-10,13,16H,4-5,11H2,1-3H3. The predicted octanol–water partition coefficient (Wildman–Crippen LogP) is 4.23. The lowest BCUT2D eigenvalue weighted by Gasteiger charge is -2.16. The molecule has 1 atom stereocenters. The summed E-state index contributed by atoms with van der Waals surface area (Å²) < 4.78 is 4.60. The molecule has 0 fully saturated rings. The summed E-state index contributed by atoms with van der Waals surface area (Å²) in [6, 6.07) is 10.4. The summed E-state index contributed by atoms with van der Waals surface area (Å²) in [6.45, 7) is 4.21. The van der Waals surface area contributed by atoms with Crippen molar-refractivity contribution in [3.8, 4) is 0 Å².